The summed E-state index contributed by atoms with van der Waals surface area (Å²) in [6.45, 7) is 2.66. The number of carbonyl (C=O) groups excluding carboxylic acids is 2. The summed E-state index contributed by atoms with van der Waals surface area (Å²) in [6.07, 6.45) is 44.9. The van der Waals surface area contributed by atoms with Crippen LogP contribution in [0.2, 0.25) is 0 Å². The van der Waals surface area contributed by atoms with Gasteiger partial charge in [-0.1, -0.05) is 244 Å². The highest BCUT2D eigenvalue weighted by Crippen LogP contribution is 2.27. The lowest BCUT2D eigenvalue weighted by Crippen LogP contribution is -2.61. The van der Waals surface area contributed by atoms with Crippen molar-refractivity contribution in [1.82, 2.24) is 0 Å². The van der Waals surface area contributed by atoms with E-state index in [0.717, 1.165) is 38.5 Å². The zero-order valence-electron chi connectivity index (χ0n) is 52.0. The van der Waals surface area contributed by atoms with Gasteiger partial charge in [0.15, 0.2) is 18.7 Å². The van der Waals surface area contributed by atoms with Crippen LogP contribution in [0.4, 0.5) is 0 Å². The molecule has 15 heteroatoms. The Balaban J connectivity index is 1.68. The van der Waals surface area contributed by atoms with Crippen molar-refractivity contribution in [2.24, 2.45) is 0 Å². The van der Waals surface area contributed by atoms with E-state index in [1.165, 1.54) is 218 Å². The average molecular weight is 1170 g/mol. The summed E-state index contributed by atoms with van der Waals surface area (Å²) < 4.78 is 33.8. The van der Waals surface area contributed by atoms with E-state index >= 15 is 0 Å². The summed E-state index contributed by atoms with van der Waals surface area (Å²) in [5, 5.41) is 72.5. The van der Waals surface area contributed by atoms with Crippen LogP contribution in [0.25, 0.3) is 0 Å². The van der Waals surface area contributed by atoms with Gasteiger partial charge in [0.05, 0.1) is 19.8 Å². The van der Waals surface area contributed by atoms with Crippen molar-refractivity contribution >= 4 is 11.9 Å². The summed E-state index contributed by atoms with van der Waals surface area (Å²) in [7, 11) is 0. The van der Waals surface area contributed by atoms with Crippen molar-refractivity contribution in [3.05, 3.63) is 24.3 Å². The van der Waals surface area contributed by atoms with E-state index in [2.05, 4.69) is 38.2 Å². The average Bonchev–Trinajstić information content (AvgIpc) is 3.61. The van der Waals surface area contributed by atoms with Crippen molar-refractivity contribution in [3.63, 3.8) is 0 Å². The Bertz CT molecular complexity index is 1510. The van der Waals surface area contributed by atoms with E-state index in [1.807, 2.05) is 0 Å². The molecule has 2 fully saturated rings. The third-order valence-electron chi connectivity index (χ3n) is 16.4. The number of allylic oxidation sites excluding steroid dienone is 4. The summed E-state index contributed by atoms with van der Waals surface area (Å²) in [5.74, 6) is -0.910. The van der Waals surface area contributed by atoms with Gasteiger partial charge >= 0.3 is 11.9 Å². The second-order valence-corrected chi connectivity index (χ2v) is 24.0. The quantitative estimate of drug-likeness (QED) is 0.0171. The molecule has 2 rings (SSSR count). The third kappa shape index (κ3) is 38.9. The zero-order valence-corrected chi connectivity index (χ0v) is 52.0. The Morgan fingerprint density at radius 1 is 0.378 bits per heavy atom. The van der Waals surface area contributed by atoms with Crippen molar-refractivity contribution in [2.45, 2.75) is 364 Å². The molecule has 0 aromatic heterocycles. The van der Waals surface area contributed by atoms with Crippen LogP contribution in [0.5, 0.6) is 0 Å². The minimum atomic E-state index is -1.76. The van der Waals surface area contributed by atoms with E-state index < -0.39 is 92.7 Å². The van der Waals surface area contributed by atoms with E-state index in [0.29, 0.717) is 12.8 Å². The number of esters is 2. The molecule has 11 unspecified atom stereocenters. The van der Waals surface area contributed by atoms with Gasteiger partial charge in [0.25, 0.3) is 0 Å². The number of aliphatic hydroxyl groups is 7. The minimum absolute atomic E-state index is 0.168. The standard InChI is InChI=1S/C67H124O15/c1-3-5-7-9-11-13-15-17-19-21-23-25-27-29-31-33-35-37-39-41-43-45-47-49-58(69)77-52-55(53-78-66-65(76)63(74)61(72)57(82-66)54-79-67-64(75)62(73)60(71)56(51-68)81-67)80-59(70)50-48-46-44-42-40-38-36-34-32-30-28-26-24-22-20-18-16-14-12-10-8-6-4-2/h21-24,55-57,60-68,71-76H,3-20,25-54H2,1-2H3/b23-21-,24-22-. The van der Waals surface area contributed by atoms with Gasteiger partial charge in [0.2, 0.25) is 0 Å². The van der Waals surface area contributed by atoms with Crippen LogP contribution in [0, 0.1) is 0 Å². The first kappa shape index (κ1) is 76.1. The molecule has 2 saturated heterocycles. The van der Waals surface area contributed by atoms with E-state index in [4.69, 9.17) is 28.4 Å². The number of hydrogen-bond donors (Lipinski definition) is 7. The van der Waals surface area contributed by atoms with Gasteiger partial charge in [-0.05, 0) is 64.2 Å². The lowest BCUT2D eigenvalue weighted by molar-refractivity contribution is -0.332. The Labute approximate surface area is 498 Å². The number of hydrogen-bond acceptors (Lipinski definition) is 15. The molecule has 2 aliphatic heterocycles. The van der Waals surface area contributed by atoms with Gasteiger partial charge in [-0.2, -0.15) is 0 Å². The maximum atomic E-state index is 13.1. The fourth-order valence-corrected chi connectivity index (χ4v) is 10.9. The summed E-state index contributed by atoms with van der Waals surface area (Å²) in [5.41, 5.74) is 0. The first-order valence-electron chi connectivity index (χ1n) is 33.9. The van der Waals surface area contributed by atoms with Gasteiger partial charge in [0, 0.05) is 12.8 Å². The highest BCUT2D eigenvalue weighted by atomic mass is 16.7. The monoisotopic (exact) mass is 1170 g/mol. The second kappa shape index (κ2) is 53.2. The van der Waals surface area contributed by atoms with Crippen LogP contribution < -0.4 is 0 Å². The molecule has 0 amide bonds. The molecular formula is C67H124O15. The van der Waals surface area contributed by atoms with Crippen LogP contribution in [0.3, 0.4) is 0 Å². The Morgan fingerprint density at radius 2 is 0.695 bits per heavy atom. The van der Waals surface area contributed by atoms with E-state index in [1.54, 1.807) is 0 Å². The van der Waals surface area contributed by atoms with E-state index in [-0.39, 0.29) is 26.1 Å². The molecule has 11 atom stereocenters. The van der Waals surface area contributed by atoms with Crippen LogP contribution in [-0.2, 0) is 38.0 Å². The van der Waals surface area contributed by atoms with Crippen LogP contribution >= 0.6 is 0 Å². The molecule has 0 aliphatic carbocycles. The van der Waals surface area contributed by atoms with Crippen molar-refractivity contribution in [3.8, 4) is 0 Å². The summed E-state index contributed by atoms with van der Waals surface area (Å²) in [6, 6.07) is 0. The fraction of sp³-hybridized carbons (Fsp3) is 0.910. The number of rotatable bonds is 56. The van der Waals surface area contributed by atoms with Gasteiger partial charge in [-0.25, -0.2) is 0 Å². The van der Waals surface area contributed by atoms with Crippen LogP contribution in [0.1, 0.15) is 296 Å². The molecule has 82 heavy (non-hydrogen) atoms. The molecule has 15 nitrogen and oxygen atoms in total. The van der Waals surface area contributed by atoms with Gasteiger partial charge < -0.3 is 64.2 Å². The number of aliphatic hydroxyl groups excluding tert-OH is 7. The Morgan fingerprint density at radius 3 is 1.07 bits per heavy atom. The number of carbonyl (C=O) groups is 2. The highest BCUT2D eigenvalue weighted by molar-refractivity contribution is 5.70. The highest BCUT2D eigenvalue weighted by Gasteiger charge is 2.47. The number of ether oxygens (including phenoxy) is 6. The lowest BCUT2D eigenvalue weighted by Gasteiger charge is -2.42. The molecule has 2 aliphatic rings. The Hall–Kier alpha value is -2.02. The lowest BCUT2D eigenvalue weighted by atomic mass is 9.98. The molecule has 482 valence electrons. The van der Waals surface area contributed by atoms with Crippen molar-refractivity contribution in [2.75, 3.05) is 26.4 Å². The molecule has 0 spiro atoms. The topological polar surface area (TPSA) is 231 Å². The molecule has 0 radical (unpaired) electrons. The predicted molar refractivity (Wildman–Crippen MR) is 326 cm³/mol. The van der Waals surface area contributed by atoms with Gasteiger partial charge in [-0.3, -0.25) is 9.59 Å². The first-order valence-corrected chi connectivity index (χ1v) is 33.9. The van der Waals surface area contributed by atoms with Crippen LogP contribution in [-0.4, -0.2) is 142 Å². The molecule has 0 saturated carbocycles. The second-order valence-electron chi connectivity index (χ2n) is 24.0. The molecule has 7 N–H and O–H groups in total. The van der Waals surface area contributed by atoms with Crippen molar-refractivity contribution < 1.29 is 73.8 Å². The number of unbranched alkanes of at least 4 members (excludes halogenated alkanes) is 38. The maximum Gasteiger partial charge on any atom is 0.306 e. The first-order chi connectivity index (χ1) is 40.0. The molecule has 2 heterocycles. The maximum absolute atomic E-state index is 13.1. The molecule has 0 aromatic carbocycles. The Kier molecular flexibility index (Phi) is 49.4. The van der Waals surface area contributed by atoms with E-state index in [9.17, 15) is 45.3 Å². The SMILES string of the molecule is CCCCCCCCCC/C=C\CCCCCCCCCCCCCC(=O)OCC(COC1OC(COC2OC(CO)C(O)C(O)C2O)C(O)C(O)C1O)OC(=O)CCCCCCCCCCCCC/C=C\CCCCCCCCCC. The zero-order chi connectivity index (χ0) is 59.5. The fourth-order valence-electron chi connectivity index (χ4n) is 10.9. The predicted octanol–water partition coefficient (Wildman–Crippen LogP) is 13.4. The van der Waals surface area contributed by atoms with Gasteiger partial charge in [0.1, 0.15) is 55.4 Å². The normalized spacial score (nSPS) is 23.5. The molecule has 0 bridgehead atoms. The van der Waals surface area contributed by atoms with Crippen LogP contribution in [0.15, 0.2) is 24.3 Å². The van der Waals surface area contributed by atoms with Gasteiger partial charge in [-0.15, -0.1) is 0 Å². The largest absolute Gasteiger partial charge is 0.462 e. The minimum Gasteiger partial charge on any atom is -0.462 e. The summed E-state index contributed by atoms with van der Waals surface area (Å²) >= 11 is 0. The van der Waals surface area contributed by atoms with Crippen molar-refractivity contribution in [1.29, 1.82) is 0 Å². The third-order valence-corrected chi connectivity index (χ3v) is 16.4. The molecule has 0 aromatic rings. The summed E-state index contributed by atoms with van der Waals surface area (Å²) in [4.78, 5) is 26.0. The molecular weight excluding hydrogens is 1040 g/mol. The smallest absolute Gasteiger partial charge is 0.306 e.